The number of unbranched alkanes of at least 4 members (excludes halogenated alkanes) is 1. The Bertz CT molecular complexity index is 1030. The average molecular weight is 412 g/mol. The molecule has 1 fully saturated rings. The van der Waals surface area contributed by atoms with Crippen LogP contribution < -0.4 is 10.6 Å². The van der Waals surface area contributed by atoms with Crippen LogP contribution in [0, 0.1) is 5.82 Å². The van der Waals surface area contributed by atoms with Crippen LogP contribution in [0.5, 0.6) is 0 Å². The first-order chi connectivity index (χ1) is 14.6. The number of nitrogens with zero attached hydrogens (tertiary/aromatic N) is 4. The van der Waals surface area contributed by atoms with Gasteiger partial charge in [-0.25, -0.2) is 13.9 Å². The minimum absolute atomic E-state index is 0.152. The lowest BCUT2D eigenvalue weighted by atomic mass is 9.99. The van der Waals surface area contributed by atoms with E-state index in [1.165, 1.54) is 6.07 Å². The van der Waals surface area contributed by atoms with Gasteiger partial charge in [-0.2, -0.15) is 0 Å². The molecule has 2 N–H and O–H groups in total. The zero-order valence-electron chi connectivity index (χ0n) is 17.8. The lowest BCUT2D eigenvalue weighted by Gasteiger charge is -2.27. The molecule has 30 heavy (non-hydrogen) atoms. The highest BCUT2D eigenvalue weighted by Crippen LogP contribution is 2.26. The van der Waals surface area contributed by atoms with Gasteiger partial charge in [-0.3, -0.25) is 0 Å². The molecular weight excluding hydrogens is 381 g/mol. The number of rotatable bonds is 7. The summed E-state index contributed by atoms with van der Waals surface area (Å²) in [7, 11) is 0. The number of halogens is 1. The summed E-state index contributed by atoms with van der Waals surface area (Å²) in [5, 5.41) is 4.91. The molecule has 0 radical (unpaired) electrons. The molecular formula is C23H30FN5O. The van der Waals surface area contributed by atoms with Gasteiger partial charge in [0.1, 0.15) is 5.82 Å². The van der Waals surface area contributed by atoms with Gasteiger partial charge in [-0.05, 0) is 36.5 Å². The summed E-state index contributed by atoms with van der Waals surface area (Å²) in [6.45, 7) is 7.09. The van der Waals surface area contributed by atoms with Crippen LogP contribution in [0.1, 0.15) is 49.2 Å². The number of morpholine rings is 1. The Kier molecular flexibility index (Phi) is 6.18. The van der Waals surface area contributed by atoms with E-state index in [1.54, 1.807) is 6.07 Å². The molecule has 1 aromatic carbocycles. The van der Waals surface area contributed by atoms with Gasteiger partial charge in [0.25, 0.3) is 0 Å². The number of hydrogen-bond donors (Lipinski definition) is 1. The fourth-order valence-corrected chi connectivity index (χ4v) is 4.13. The quantitative estimate of drug-likeness (QED) is 0.641. The normalized spacial score (nSPS) is 14.6. The molecule has 0 unspecified atom stereocenters. The van der Waals surface area contributed by atoms with Crippen molar-refractivity contribution in [3.05, 3.63) is 52.6 Å². The molecule has 0 spiro atoms. The zero-order valence-corrected chi connectivity index (χ0v) is 17.8. The smallest absolute Gasteiger partial charge is 0.177 e. The van der Waals surface area contributed by atoms with Gasteiger partial charge in [0.05, 0.1) is 30.3 Å². The van der Waals surface area contributed by atoms with Gasteiger partial charge in [0.15, 0.2) is 11.5 Å². The zero-order chi connectivity index (χ0) is 21.1. The Morgan fingerprint density at radius 3 is 2.73 bits per heavy atom. The van der Waals surface area contributed by atoms with E-state index in [9.17, 15) is 4.39 Å². The third kappa shape index (κ3) is 3.99. The number of nitrogens with two attached hydrogens (primary N) is 1. The largest absolute Gasteiger partial charge is 0.396 e. The highest BCUT2D eigenvalue weighted by atomic mass is 19.1. The predicted octanol–water partition coefficient (Wildman–Crippen LogP) is 3.78. The Morgan fingerprint density at radius 1 is 1.20 bits per heavy atom. The van der Waals surface area contributed by atoms with Crippen molar-refractivity contribution in [3.8, 4) is 0 Å². The van der Waals surface area contributed by atoms with Crippen molar-refractivity contribution >= 4 is 17.2 Å². The summed E-state index contributed by atoms with van der Waals surface area (Å²) in [6.07, 6.45) is 4.21. The Morgan fingerprint density at radius 2 is 2.00 bits per heavy atom. The topological polar surface area (TPSA) is 68.7 Å². The molecule has 3 aromatic rings. The van der Waals surface area contributed by atoms with Gasteiger partial charge >= 0.3 is 0 Å². The lowest BCUT2D eigenvalue weighted by Crippen LogP contribution is -2.37. The molecule has 0 bridgehead atoms. The third-order valence-corrected chi connectivity index (χ3v) is 5.81. The molecule has 1 aliphatic heterocycles. The molecule has 2 aromatic heterocycles. The van der Waals surface area contributed by atoms with Crippen molar-refractivity contribution in [2.45, 2.75) is 46.0 Å². The van der Waals surface area contributed by atoms with E-state index in [0.717, 1.165) is 60.7 Å². The second-order valence-electron chi connectivity index (χ2n) is 7.81. The average Bonchev–Trinajstić information content (AvgIpc) is 3.11. The maximum atomic E-state index is 14.4. The van der Waals surface area contributed by atoms with Crippen molar-refractivity contribution in [3.63, 3.8) is 0 Å². The monoisotopic (exact) mass is 411 g/mol. The van der Waals surface area contributed by atoms with Crippen molar-refractivity contribution < 1.29 is 9.13 Å². The van der Waals surface area contributed by atoms with Crippen LogP contribution in [-0.4, -0.2) is 40.9 Å². The van der Waals surface area contributed by atoms with Crippen LogP contribution >= 0.6 is 0 Å². The summed E-state index contributed by atoms with van der Waals surface area (Å²) in [5.74, 6) is 0.680. The van der Waals surface area contributed by atoms with Crippen molar-refractivity contribution in [1.82, 2.24) is 14.6 Å². The molecule has 3 heterocycles. The maximum Gasteiger partial charge on any atom is 0.177 e. The van der Waals surface area contributed by atoms with E-state index in [-0.39, 0.29) is 5.82 Å². The molecule has 4 rings (SSSR count). The van der Waals surface area contributed by atoms with Gasteiger partial charge in [-0.1, -0.05) is 32.4 Å². The second-order valence-corrected chi connectivity index (χ2v) is 7.81. The summed E-state index contributed by atoms with van der Waals surface area (Å²) >= 11 is 0. The first-order valence-electron chi connectivity index (χ1n) is 10.9. The van der Waals surface area contributed by atoms with Crippen LogP contribution in [0.4, 0.5) is 15.9 Å². The first-order valence-corrected chi connectivity index (χ1v) is 10.9. The number of nitrogen functional groups attached to an aromatic ring is 1. The molecule has 160 valence electrons. The SMILES string of the molecule is CCCCc1nc2c(N)cc(N3CCOCC3)nn2c1Cc1cccc(F)c1CC. The summed E-state index contributed by atoms with van der Waals surface area (Å²) in [6, 6.07) is 7.21. The fraction of sp³-hybridized carbons (Fsp3) is 0.478. The molecule has 7 heteroatoms. The second kappa shape index (κ2) is 9.00. The number of aromatic nitrogens is 3. The van der Waals surface area contributed by atoms with Crippen LogP contribution in [0.15, 0.2) is 24.3 Å². The minimum Gasteiger partial charge on any atom is -0.396 e. The highest BCUT2D eigenvalue weighted by Gasteiger charge is 2.21. The van der Waals surface area contributed by atoms with Crippen LogP contribution in [0.25, 0.3) is 5.65 Å². The predicted molar refractivity (Wildman–Crippen MR) is 118 cm³/mol. The Hall–Kier alpha value is -2.67. The molecule has 0 amide bonds. The molecule has 0 atom stereocenters. The van der Waals surface area contributed by atoms with E-state index in [1.807, 2.05) is 23.6 Å². The van der Waals surface area contributed by atoms with Crippen molar-refractivity contribution in [1.29, 1.82) is 0 Å². The van der Waals surface area contributed by atoms with Gasteiger partial charge in [-0.15, -0.1) is 5.10 Å². The van der Waals surface area contributed by atoms with Crippen molar-refractivity contribution in [2.75, 3.05) is 36.9 Å². The molecule has 1 aliphatic rings. The lowest BCUT2D eigenvalue weighted by molar-refractivity contribution is 0.122. The fourth-order valence-electron chi connectivity index (χ4n) is 4.13. The summed E-state index contributed by atoms with van der Waals surface area (Å²) in [4.78, 5) is 7.04. The highest BCUT2D eigenvalue weighted by molar-refractivity contribution is 5.69. The first kappa shape index (κ1) is 20.6. The van der Waals surface area contributed by atoms with E-state index < -0.39 is 0 Å². The van der Waals surface area contributed by atoms with E-state index in [2.05, 4.69) is 11.8 Å². The van der Waals surface area contributed by atoms with Crippen molar-refractivity contribution in [2.24, 2.45) is 0 Å². The number of fused-ring (bicyclic) bond motifs is 1. The maximum absolute atomic E-state index is 14.4. The van der Waals surface area contributed by atoms with Gasteiger partial charge < -0.3 is 15.4 Å². The number of imidazole rings is 1. The molecule has 1 saturated heterocycles. The van der Waals surface area contributed by atoms with Crippen LogP contribution in [0.3, 0.4) is 0 Å². The van der Waals surface area contributed by atoms with Gasteiger partial charge in [0.2, 0.25) is 0 Å². The number of hydrogen-bond acceptors (Lipinski definition) is 5. The molecule has 6 nitrogen and oxygen atoms in total. The van der Waals surface area contributed by atoms with Crippen LogP contribution in [0.2, 0.25) is 0 Å². The number of anilines is 2. The van der Waals surface area contributed by atoms with E-state index in [4.69, 9.17) is 20.6 Å². The Labute approximate surface area is 176 Å². The number of ether oxygens (including phenoxy) is 1. The standard InChI is InChI=1S/C23H30FN5O/c1-3-5-9-20-21(14-16-7-6-8-18(24)17(16)4-2)29-23(26-20)19(25)15-22(27-29)28-10-12-30-13-11-28/h6-8,15H,3-5,9-14,25H2,1-2H3. The Balaban J connectivity index is 1.82. The van der Waals surface area contributed by atoms with E-state index >= 15 is 0 Å². The molecule has 0 aliphatic carbocycles. The summed E-state index contributed by atoms with van der Waals surface area (Å²) in [5.41, 5.74) is 11.4. The van der Waals surface area contributed by atoms with Crippen LogP contribution in [-0.2, 0) is 24.0 Å². The minimum atomic E-state index is -0.152. The summed E-state index contributed by atoms with van der Waals surface area (Å²) < 4.78 is 21.7. The molecule has 0 saturated carbocycles. The third-order valence-electron chi connectivity index (χ3n) is 5.81. The number of benzene rings is 1. The van der Waals surface area contributed by atoms with E-state index in [0.29, 0.717) is 37.4 Å². The van der Waals surface area contributed by atoms with Gasteiger partial charge in [0, 0.05) is 25.6 Å². The number of aryl methyl sites for hydroxylation is 1.